The Labute approximate surface area is 223 Å². The molecule has 0 radical (unpaired) electrons. The van der Waals surface area contributed by atoms with Crippen LogP contribution in [0.5, 0.6) is 11.6 Å². The van der Waals surface area contributed by atoms with Gasteiger partial charge in [-0.25, -0.2) is 9.78 Å². The van der Waals surface area contributed by atoms with E-state index in [2.05, 4.69) is 4.98 Å². The number of fused-ring (bicyclic) bond motifs is 4. The van der Waals surface area contributed by atoms with Crippen LogP contribution in [0.2, 0.25) is 0 Å². The normalized spacial score (nSPS) is 22.8. The predicted octanol–water partition coefficient (Wildman–Crippen LogP) is 6.01. The summed E-state index contributed by atoms with van der Waals surface area (Å²) in [5.74, 6) is 1.25. The van der Waals surface area contributed by atoms with E-state index in [0.717, 1.165) is 54.3 Å². The third-order valence-electron chi connectivity index (χ3n) is 8.10. The zero-order chi connectivity index (χ0) is 27.0. The molecule has 38 heavy (non-hydrogen) atoms. The highest BCUT2D eigenvalue weighted by Crippen LogP contribution is 2.50. The van der Waals surface area contributed by atoms with Gasteiger partial charge in [-0.3, -0.25) is 9.88 Å². The van der Waals surface area contributed by atoms with Crippen molar-refractivity contribution in [1.82, 2.24) is 14.9 Å². The number of hydrogen-bond acceptors (Lipinski definition) is 6. The molecule has 1 aliphatic carbocycles. The molecule has 8 heteroatoms. The molecule has 1 aromatic carbocycles. The van der Waals surface area contributed by atoms with Gasteiger partial charge >= 0.3 is 6.09 Å². The third kappa shape index (κ3) is 5.01. The number of benzene rings is 1. The number of aromatic nitrogens is 2. The minimum Gasteiger partial charge on any atom is -0.487 e. The van der Waals surface area contributed by atoms with Crippen molar-refractivity contribution >= 4 is 17.1 Å². The van der Waals surface area contributed by atoms with Gasteiger partial charge in [-0.05, 0) is 70.9 Å². The third-order valence-corrected chi connectivity index (χ3v) is 8.10. The van der Waals surface area contributed by atoms with Crippen molar-refractivity contribution in [2.75, 3.05) is 13.7 Å². The Hall–Kier alpha value is -3.39. The fourth-order valence-corrected chi connectivity index (χ4v) is 6.21. The number of nitrogens with zero attached hydrogens (tertiary/aromatic N) is 3. The highest BCUT2D eigenvalue weighted by Gasteiger charge is 2.55. The number of rotatable bonds is 8. The molecule has 3 fully saturated rings. The summed E-state index contributed by atoms with van der Waals surface area (Å²) in [6.45, 7) is 6.74. The lowest BCUT2D eigenvalue weighted by Gasteiger charge is -2.59. The van der Waals surface area contributed by atoms with Crippen LogP contribution >= 0.6 is 0 Å². The standard InChI is InChI=1S/C30H37N3O5/c1-28(2,3)33(27(34)35)29-14-16-30(17-15-29,38-20-29)13-12-22-24(37-19-21-8-6-5-7-9-21)18-31-23-10-11-25(36-4)32-26(22)23/h5-11,18H,12-17,19-20H2,1-4H3,(H,34,35). The summed E-state index contributed by atoms with van der Waals surface area (Å²) in [4.78, 5) is 23.2. The molecule has 0 unspecified atom stereocenters. The van der Waals surface area contributed by atoms with E-state index in [9.17, 15) is 9.90 Å². The fraction of sp³-hybridized carbons (Fsp3) is 0.500. The minimum absolute atomic E-state index is 0.283. The summed E-state index contributed by atoms with van der Waals surface area (Å²) in [5, 5.41) is 10.0. The Morgan fingerprint density at radius 2 is 1.84 bits per heavy atom. The maximum Gasteiger partial charge on any atom is 0.408 e. The number of carbonyl (C=O) groups is 1. The summed E-state index contributed by atoms with van der Waals surface area (Å²) in [7, 11) is 1.61. The summed E-state index contributed by atoms with van der Waals surface area (Å²) in [6, 6.07) is 13.8. The van der Waals surface area contributed by atoms with Crippen LogP contribution in [-0.4, -0.2) is 56.5 Å². The van der Waals surface area contributed by atoms with Crippen LogP contribution in [0.3, 0.4) is 0 Å². The molecule has 0 spiro atoms. The average Bonchev–Trinajstić information content (AvgIpc) is 2.91. The second-order valence-electron chi connectivity index (χ2n) is 11.6. The van der Waals surface area contributed by atoms with Crippen molar-refractivity contribution in [2.24, 2.45) is 0 Å². The molecular weight excluding hydrogens is 482 g/mol. The first-order chi connectivity index (χ1) is 18.1. The minimum atomic E-state index is -0.876. The van der Waals surface area contributed by atoms with Crippen molar-refractivity contribution in [3.8, 4) is 11.6 Å². The molecular formula is C30H37N3O5. The molecule has 1 amide bonds. The Balaban J connectivity index is 1.38. The average molecular weight is 520 g/mol. The monoisotopic (exact) mass is 519 g/mol. The van der Waals surface area contributed by atoms with Gasteiger partial charge in [-0.2, -0.15) is 0 Å². The van der Waals surface area contributed by atoms with Crippen LogP contribution in [0.1, 0.15) is 64.0 Å². The van der Waals surface area contributed by atoms with Crippen molar-refractivity contribution in [1.29, 1.82) is 0 Å². The van der Waals surface area contributed by atoms with E-state index < -0.39 is 17.2 Å². The summed E-state index contributed by atoms with van der Waals surface area (Å²) in [5.41, 5.74) is 2.40. The number of aryl methyl sites for hydroxylation is 1. The topological polar surface area (TPSA) is 94.0 Å². The first-order valence-electron chi connectivity index (χ1n) is 13.3. The Morgan fingerprint density at radius 3 is 2.45 bits per heavy atom. The molecule has 0 atom stereocenters. The molecule has 6 rings (SSSR count). The van der Waals surface area contributed by atoms with Crippen LogP contribution < -0.4 is 9.47 Å². The SMILES string of the molecule is COc1ccc2ncc(OCc3ccccc3)c(CCC34CCC(N(C(=O)O)C(C)(C)C)(CC3)CO4)c2n1. The highest BCUT2D eigenvalue weighted by molar-refractivity contribution is 5.80. The first kappa shape index (κ1) is 26.2. The molecule has 2 aliphatic heterocycles. The van der Waals surface area contributed by atoms with Crippen molar-refractivity contribution in [2.45, 2.75) is 82.6 Å². The molecule has 1 saturated carbocycles. The molecule has 2 bridgehead atoms. The van der Waals surface area contributed by atoms with Crippen molar-refractivity contribution in [3.05, 3.63) is 59.8 Å². The maximum absolute atomic E-state index is 12.2. The lowest BCUT2D eigenvalue weighted by Crippen LogP contribution is -2.68. The molecule has 2 saturated heterocycles. The van der Waals surface area contributed by atoms with Gasteiger partial charge in [0.05, 0.1) is 42.1 Å². The van der Waals surface area contributed by atoms with Gasteiger partial charge < -0.3 is 19.3 Å². The number of carboxylic acid groups (broad SMARTS) is 1. The van der Waals surface area contributed by atoms with E-state index in [1.807, 2.05) is 63.2 Å². The van der Waals surface area contributed by atoms with E-state index in [1.54, 1.807) is 18.2 Å². The van der Waals surface area contributed by atoms with E-state index in [1.165, 1.54) is 0 Å². The second kappa shape index (κ2) is 10.1. The molecule has 2 aromatic heterocycles. The van der Waals surface area contributed by atoms with Gasteiger partial charge in [0, 0.05) is 17.2 Å². The Morgan fingerprint density at radius 1 is 1.11 bits per heavy atom. The maximum atomic E-state index is 12.2. The highest BCUT2D eigenvalue weighted by atomic mass is 16.5. The van der Waals surface area contributed by atoms with Gasteiger partial charge in [0.2, 0.25) is 5.88 Å². The van der Waals surface area contributed by atoms with Crippen LogP contribution in [0.25, 0.3) is 11.0 Å². The van der Waals surface area contributed by atoms with Gasteiger partial charge in [-0.15, -0.1) is 0 Å². The van der Waals surface area contributed by atoms with Gasteiger partial charge in [0.25, 0.3) is 0 Å². The number of methoxy groups -OCH3 is 1. The molecule has 3 aliphatic rings. The zero-order valence-electron chi connectivity index (χ0n) is 22.7. The lowest BCUT2D eigenvalue weighted by molar-refractivity contribution is -0.200. The quantitative estimate of drug-likeness (QED) is 0.389. The second-order valence-corrected chi connectivity index (χ2v) is 11.6. The smallest absolute Gasteiger partial charge is 0.408 e. The largest absolute Gasteiger partial charge is 0.487 e. The molecule has 8 nitrogen and oxygen atoms in total. The summed E-state index contributed by atoms with van der Waals surface area (Å²) < 4.78 is 18.2. The van der Waals surface area contributed by atoms with E-state index in [0.29, 0.717) is 31.3 Å². The van der Waals surface area contributed by atoms with E-state index >= 15 is 0 Å². The molecule has 1 N–H and O–H groups in total. The summed E-state index contributed by atoms with van der Waals surface area (Å²) in [6.07, 6.45) is 5.67. The Kier molecular flexibility index (Phi) is 6.94. The molecule has 4 heterocycles. The Bertz CT molecular complexity index is 1280. The predicted molar refractivity (Wildman–Crippen MR) is 145 cm³/mol. The molecule has 202 valence electrons. The molecule has 3 aromatic rings. The van der Waals surface area contributed by atoms with Gasteiger partial charge in [0.15, 0.2) is 0 Å². The van der Waals surface area contributed by atoms with Crippen molar-refractivity contribution in [3.63, 3.8) is 0 Å². The number of hydrogen-bond donors (Lipinski definition) is 1. The van der Waals surface area contributed by atoms with Crippen molar-refractivity contribution < 1.29 is 24.1 Å². The fourth-order valence-electron chi connectivity index (χ4n) is 6.21. The number of amides is 1. The van der Waals surface area contributed by atoms with E-state index in [-0.39, 0.29) is 5.60 Å². The van der Waals surface area contributed by atoms with E-state index in [4.69, 9.17) is 19.2 Å². The van der Waals surface area contributed by atoms with Crippen LogP contribution in [0.15, 0.2) is 48.7 Å². The first-order valence-corrected chi connectivity index (χ1v) is 13.3. The number of pyridine rings is 2. The van der Waals surface area contributed by atoms with Gasteiger partial charge in [0.1, 0.15) is 12.4 Å². The van der Waals surface area contributed by atoms with Crippen LogP contribution in [0.4, 0.5) is 4.79 Å². The zero-order valence-corrected chi connectivity index (χ0v) is 22.7. The van der Waals surface area contributed by atoms with Crippen LogP contribution in [0, 0.1) is 0 Å². The summed E-state index contributed by atoms with van der Waals surface area (Å²) >= 11 is 0. The van der Waals surface area contributed by atoms with Crippen LogP contribution in [-0.2, 0) is 17.8 Å². The lowest BCUT2D eigenvalue weighted by atomic mass is 9.67. The number of ether oxygens (including phenoxy) is 3. The van der Waals surface area contributed by atoms with Gasteiger partial charge in [-0.1, -0.05) is 30.3 Å².